The van der Waals surface area contributed by atoms with Crippen molar-refractivity contribution in [2.24, 2.45) is 0 Å². The topological polar surface area (TPSA) is 111 Å². The molecule has 1 fully saturated rings. The van der Waals surface area contributed by atoms with Gasteiger partial charge in [0.1, 0.15) is 5.69 Å². The molecule has 0 saturated carbocycles. The molecule has 0 unspecified atom stereocenters. The highest BCUT2D eigenvalue weighted by molar-refractivity contribution is 5.99. The third-order valence-corrected chi connectivity index (χ3v) is 6.50. The van der Waals surface area contributed by atoms with Crippen LogP contribution in [0.5, 0.6) is 0 Å². The van der Waals surface area contributed by atoms with E-state index in [-0.39, 0.29) is 23.1 Å². The fraction of sp³-hybridized carbons (Fsp3) is 0.345. The van der Waals surface area contributed by atoms with Gasteiger partial charge in [-0.15, -0.1) is 0 Å². The molecule has 4 rings (SSSR count). The van der Waals surface area contributed by atoms with Gasteiger partial charge >= 0.3 is 18.1 Å². The predicted octanol–water partition coefficient (Wildman–Crippen LogP) is 4.77. The maximum absolute atomic E-state index is 13.3. The van der Waals surface area contributed by atoms with Crippen molar-refractivity contribution in [3.8, 4) is 0 Å². The lowest BCUT2D eigenvalue weighted by atomic mass is 10.0. The highest BCUT2D eigenvalue weighted by Crippen LogP contribution is 2.31. The zero-order valence-corrected chi connectivity index (χ0v) is 23.5. The zero-order valence-electron chi connectivity index (χ0n) is 23.5. The van der Waals surface area contributed by atoms with Crippen LogP contribution in [0.2, 0.25) is 0 Å². The summed E-state index contributed by atoms with van der Waals surface area (Å²) in [5.74, 6) is -2.02. The van der Waals surface area contributed by atoms with E-state index in [1.807, 2.05) is 6.07 Å². The Bertz CT molecular complexity index is 1400. The molecule has 4 amide bonds. The molecule has 0 spiro atoms. The van der Waals surface area contributed by atoms with Gasteiger partial charge in [-0.3, -0.25) is 24.7 Å². The van der Waals surface area contributed by atoms with Crippen molar-refractivity contribution < 1.29 is 27.6 Å². The van der Waals surface area contributed by atoms with Gasteiger partial charge in [0, 0.05) is 49.6 Å². The third kappa shape index (κ3) is 7.81. The van der Waals surface area contributed by atoms with Crippen LogP contribution in [0, 0.1) is 0 Å². The number of amides is 4. The lowest BCUT2D eigenvalue weighted by Gasteiger charge is -2.37. The summed E-state index contributed by atoms with van der Waals surface area (Å²) in [6.45, 7) is 7.00. The van der Waals surface area contributed by atoms with Crippen LogP contribution in [0.4, 0.5) is 35.2 Å². The molecule has 10 nitrogen and oxygen atoms in total. The average Bonchev–Trinajstić information content (AvgIpc) is 2.93. The van der Waals surface area contributed by atoms with Gasteiger partial charge in [-0.2, -0.15) is 13.2 Å². The first kappa shape index (κ1) is 30.4. The molecule has 3 aromatic rings. The number of piperazine rings is 1. The minimum absolute atomic E-state index is 0.141. The molecule has 0 aliphatic carbocycles. The molecule has 222 valence electrons. The van der Waals surface area contributed by atoms with Crippen LogP contribution in [0.1, 0.15) is 36.8 Å². The number of carbonyl (C=O) groups is 3. The van der Waals surface area contributed by atoms with Gasteiger partial charge in [0.15, 0.2) is 5.82 Å². The average molecular weight is 584 g/mol. The first-order valence-electron chi connectivity index (χ1n) is 13.3. The monoisotopic (exact) mass is 583 g/mol. The van der Waals surface area contributed by atoms with Crippen molar-refractivity contribution in [2.75, 3.05) is 41.7 Å². The number of carbonyl (C=O) groups excluding carboxylic acids is 3. The molecule has 2 aromatic carbocycles. The molecule has 42 heavy (non-hydrogen) atoms. The van der Waals surface area contributed by atoms with E-state index in [9.17, 15) is 27.6 Å². The number of benzene rings is 2. The van der Waals surface area contributed by atoms with Crippen LogP contribution in [0.3, 0.4) is 0 Å². The maximum Gasteiger partial charge on any atom is 0.471 e. The van der Waals surface area contributed by atoms with E-state index in [0.717, 1.165) is 10.5 Å². The normalized spacial score (nSPS) is 14.3. The Morgan fingerprint density at radius 2 is 1.57 bits per heavy atom. The van der Waals surface area contributed by atoms with Gasteiger partial charge in [0.05, 0.1) is 12.4 Å². The molecule has 2 heterocycles. The Morgan fingerprint density at radius 1 is 0.881 bits per heavy atom. The summed E-state index contributed by atoms with van der Waals surface area (Å²) in [4.78, 5) is 50.1. The van der Waals surface area contributed by atoms with E-state index in [4.69, 9.17) is 0 Å². The Hall–Kier alpha value is -4.52. The van der Waals surface area contributed by atoms with Gasteiger partial charge in [0.2, 0.25) is 0 Å². The second-order valence-corrected chi connectivity index (χ2v) is 10.8. The summed E-state index contributed by atoms with van der Waals surface area (Å²) in [6.07, 6.45) is -2.38. The number of halogens is 3. The van der Waals surface area contributed by atoms with Gasteiger partial charge in [-0.1, -0.05) is 30.3 Å². The minimum atomic E-state index is -5.00. The van der Waals surface area contributed by atoms with Crippen molar-refractivity contribution in [1.29, 1.82) is 0 Å². The van der Waals surface area contributed by atoms with E-state index >= 15 is 0 Å². The fourth-order valence-electron chi connectivity index (χ4n) is 4.56. The molecule has 1 aromatic heterocycles. The zero-order chi connectivity index (χ0) is 30.5. The lowest BCUT2D eigenvalue weighted by molar-refractivity contribution is -0.171. The lowest BCUT2D eigenvalue weighted by Crippen LogP contribution is -2.51. The number of nitrogens with zero attached hydrogens (tertiary/aromatic N) is 5. The number of rotatable bonds is 6. The fourth-order valence-corrected chi connectivity index (χ4v) is 4.56. The van der Waals surface area contributed by atoms with Crippen molar-refractivity contribution >= 4 is 35.0 Å². The second-order valence-electron chi connectivity index (χ2n) is 10.8. The van der Waals surface area contributed by atoms with Gasteiger partial charge in [0.25, 0.3) is 5.91 Å². The largest absolute Gasteiger partial charge is 0.471 e. The van der Waals surface area contributed by atoms with Crippen molar-refractivity contribution in [2.45, 2.75) is 39.0 Å². The Kier molecular flexibility index (Phi) is 9.10. The molecular formula is C29H32F3N7O3. The van der Waals surface area contributed by atoms with E-state index in [2.05, 4.69) is 25.5 Å². The third-order valence-electron chi connectivity index (χ3n) is 6.50. The van der Waals surface area contributed by atoms with E-state index in [0.29, 0.717) is 38.4 Å². The number of para-hydroxylation sites is 1. The number of nitrogens with one attached hydrogen (secondary N) is 2. The van der Waals surface area contributed by atoms with Crippen LogP contribution >= 0.6 is 0 Å². The summed E-state index contributed by atoms with van der Waals surface area (Å²) < 4.78 is 39.9. The van der Waals surface area contributed by atoms with Crippen LogP contribution in [0.25, 0.3) is 0 Å². The van der Waals surface area contributed by atoms with Gasteiger partial charge in [-0.25, -0.2) is 14.8 Å². The van der Waals surface area contributed by atoms with Crippen molar-refractivity contribution in [3.63, 3.8) is 0 Å². The maximum atomic E-state index is 13.3. The Morgan fingerprint density at radius 3 is 2.17 bits per heavy atom. The molecular weight excluding hydrogens is 551 g/mol. The summed E-state index contributed by atoms with van der Waals surface area (Å²) in [7, 11) is 0. The summed E-state index contributed by atoms with van der Waals surface area (Å²) in [6, 6.07) is 14.9. The summed E-state index contributed by atoms with van der Waals surface area (Å²) in [5.41, 5.74) is 0.599. The Balaban J connectivity index is 1.31. The predicted molar refractivity (Wildman–Crippen MR) is 152 cm³/mol. The number of urea groups is 1. The van der Waals surface area contributed by atoms with E-state index in [1.165, 1.54) is 18.5 Å². The minimum Gasteiger partial charge on any atom is -0.335 e. The van der Waals surface area contributed by atoms with E-state index < -0.39 is 23.7 Å². The van der Waals surface area contributed by atoms with Crippen LogP contribution in [-0.2, 0) is 11.3 Å². The highest BCUT2D eigenvalue weighted by atomic mass is 19.4. The number of alkyl halides is 3. The molecule has 0 bridgehead atoms. The van der Waals surface area contributed by atoms with Crippen LogP contribution in [-0.4, -0.2) is 75.5 Å². The highest BCUT2D eigenvalue weighted by Gasteiger charge is 2.46. The first-order chi connectivity index (χ1) is 19.8. The quantitative estimate of drug-likeness (QED) is 0.433. The molecule has 13 heteroatoms. The molecule has 1 saturated heterocycles. The molecule has 1 aliphatic heterocycles. The van der Waals surface area contributed by atoms with Crippen molar-refractivity contribution in [3.05, 3.63) is 78.2 Å². The van der Waals surface area contributed by atoms with Gasteiger partial charge < -0.3 is 10.2 Å². The smallest absolute Gasteiger partial charge is 0.335 e. The number of hydrogen-bond donors (Lipinski definition) is 2. The van der Waals surface area contributed by atoms with Crippen LogP contribution in [0.15, 0.2) is 67.0 Å². The number of anilines is 3. The standard InChI is InChI=1S/C29H32F3N7O3/c1-28(2,3)39(26(41)29(30,31)32)22-11-7-8-20(16-22)19-37-12-14-38(15-13-37)25(40)23-17-34-24(18-33-23)36-27(42)35-21-9-5-4-6-10-21/h4-11,16-18H,12-15,19H2,1-3H3,(H2,34,35,36,42). The SMILES string of the molecule is CC(C)(C)N(C(=O)C(F)(F)F)c1cccc(CN2CCN(C(=O)c3cnc(NC(=O)Nc4ccccc4)cn3)CC2)c1. The molecule has 2 N–H and O–H groups in total. The summed E-state index contributed by atoms with van der Waals surface area (Å²) in [5, 5.41) is 5.23. The van der Waals surface area contributed by atoms with E-state index in [1.54, 1.807) is 68.1 Å². The summed E-state index contributed by atoms with van der Waals surface area (Å²) >= 11 is 0. The second kappa shape index (κ2) is 12.6. The van der Waals surface area contributed by atoms with Crippen molar-refractivity contribution in [1.82, 2.24) is 19.8 Å². The first-order valence-corrected chi connectivity index (χ1v) is 13.3. The Labute approximate surface area is 241 Å². The molecule has 0 atom stereocenters. The number of hydrogen-bond acceptors (Lipinski definition) is 6. The van der Waals surface area contributed by atoms with Crippen LogP contribution < -0.4 is 15.5 Å². The van der Waals surface area contributed by atoms with Gasteiger partial charge in [-0.05, 0) is 50.6 Å². The number of aromatic nitrogens is 2. The molecule has 0 radical (unpaired) electrons. The molecule has 1 aliphatic rings.